The molecule has 0 heterocycles. The molecule has 1 aromatic carbocycles. The number of thioether (sulfide) groups is 1. The molecule has 0 saturated heterocycles. The molecule has 2 atom stereocenters. The maximum absolute atomic E-state index is 11.7. The highest BCUT2D eigenvalue weighted by Crippen LogP contribution is 2.41. The van der Waals surface area contributed by atoms with Crippen molar-refractivity contribution in [2.75, 3.05) is 5.75 Å². The Morgan fingerprint density at radius 1 is 1.19 bits per heavy atom. The number of nitrogens with zero attached hydrogens (tertiary/aromatic N) is 1. The van der Waals surface area contributed by atoms with Gasteiger partial charge in [-0.05, 0) is 91.0 Å². The summed E-state index contributed by atoms with van der Waals surface area (Å²) in [7, 11) is 0. The summed E-state index contributed by atoms with van der Waals surface area (Å²) in [6.07, 6.45) is 7.49. The molecule has 1 aliphatic rings. The van der Waals surface area contributed by atoms with Gasteiger partial charge in [0.1, 0.15) is 0 Å². The van der Waals surface area contributed by atoms with Gasteiger partial charge in [-0.1, -0.05) is 45.4 Å². The Balaban J connectivity index is 2.28. The molecule has 1 aliphatic carbocycles. The molecule has 0 N–H and O–H groups in total. The Morgan fingerprint density at radius 2 is 1.85 bits per heavy atom. The Labute approximate surface area is 164 Å². The lowest BCUT2D eigenvalue weighted by Crippen LogP contribution is -2.15. The van der Waals surface area contributed by atoms with Crippen molar-refractivity contribution in [1.29, 1.82) is 0 Å². The second-order valence-electron chi connectivity index (χ2n) is 7.71. The summed E-state index contributed by atoms with van der Waals surface area (Å²) in [6.45, 7) is 11.2. The van der Waals surface area contributed by atoms with Crippen molar-refractivity contribution in [2.45, 2.75) is 84.8 Å². The number of hydrogen-bond donors (Lipinski definition) is 0. The fourth-order valence-corrected chi connectivity index (χ4v) is 5.34. The maximum atomic E-state index is 11.7. The molecule has 1 aromatic rings. The quantitative estimate of drug-likeness (QED) is 0.424. The van der Waals surface area contributed by atoms with Gasteiger partial charge in [-0.3, -0.25) is 0 Å². The molecule has 0 amide bonds. The lowest BCUT2D eigenvalue weighted by molar-refractivity contribution is 0.436. The summed E-state index contributed by atoms with van der Waals surface area (Å²) in [4.78, 5) is 11.7. The van der Waals surface area contributed by atoms with Gasteiger partial charge in [0.25, 0.3) is 0 Å². The Kier molecular flexibility index (Phi) is 8.40. The van der Waals surface area contributed by atoms with Gasteiger partial charge >= 0.3 is 0 Å². The van der Waals surface area contributed by atoms with Gasteiger partial charge in [-0.15, -0.1) is 4.91 Å². The Hall–Kier alpha value is -1.09. The molecule has 2 unspecified atom stereocenters. The van der Waals surface area contributed by atoms with Crippen LogP contribution in [-0.2, 0) is 12.8 Å². The van der Waals surface area contributed by atoms with Gasteiger partial charge in [0.05, 0.1) is 5.70 Å². The molecule has 2 rings (SSSR count). The number of allylic oxidation sites excluding steroid dienone is 2. The van der Waals surface area contributed by atoms with E-state index in [9.17, 15) is 4.91 Å². The van der Waals surface area contributed by atoms with E-state index in [0.717, 1.165) is 31.4 Å². The van der Waals surface area contributed by atoms with E-state index in [1.165, 1.54) is 52.8 Å². The fourth-order valence-electron chi connectivity index (χ4n) is 4.30. The van der Waals surface area contributed by atoms with Gasteiger partial charge in [0.15, 0.2) is 0 Å². The summed E-state index contributed by atoms with van der Waals surface area (Å²) in [5, 5.41) is 4.19. The molecule has 0 saturated carbocycles. The predicted molar refractivity (Wildman–Crippen MR) is 117 cm³/mol. The largest absolute Gasteiger partial charge is 0.159 e. The molecule has 3 heteroatoms. The first-order chi connectivity index (χ1) is 12.5. The number of nitroso groups, excluding NO2 is 1. The average molecular weight is 374 g/mol. The highest BCUT2D eigenvalue weighted by molar-refractivity contribution is 7.99. The summed E-state index contributed by atoms with van der Waals surface area (Å²) in [5.74, 6) is 1.84. The summed E-state index contributed by atoms with van der Waals surface area (Å²) in [6, 6.07) is 4.58. The van der Waals surface area contributed by atoms with E-state index in [4.69, 9.17) is 0 Å². The Bertz CT molecular complexity index is 625. The van der Waals surface area contributed by atoms with Crippen LogP contribution in [0.15, 0.2) is 23.0 Å². The number of rotatable bonds is 9. The van der Waals surface area contributed by atoms with Crippen LogP contribution in [0.25, 0.3) is 5.57 Å². The van der Waals surface area contributed by atoms with Crippen LogP contribution in [0, 0.1) is 17.7 Å². The molecule has 0 aromatic heterocycles. The van der Waals surface area contributed by atoms with Crippen LogP contribution >= 0.6 is 11.8 Å². The first-order valence-corrected chi connectivity index (χ1v) is 11.4. The van der Waals surface area contributed by atoms with E-state index in [1.54, 1.807) is 0 Å². The zero-order chi connectivity index (χ0) is 19.1. The van der Waals surface area contributed by atoms with Crippen molar-refractivity contribution in [3.8, 4) is 0 Å². The second kappa shape index (κ2) is 10.3. The number of benzene rings is 1. The van der Waals surface area contributed by atoms with Gasteiger partial charge < -0.3 is 0 Å². The lowest BCUT2D eigenvalue weighted by atomic mass is 9.79. The van der Waals surface area contributed by atoms with Crippen LogP contribution in [-0.4, -0.2) is 11.0 Å². The fraction of sp³-hybridized carbons (Fsp3) is 0.652. The van der Waals surface area contributed by atoms with Crippen LogP contribution in [0.2, 0.25) is 0 Å². The van der Waals surface area contributed by atoms with Crippen LogP contribution in [0.5, 0.6) is 0 Å². The SMILES string of the molecule is CCCSC(C)CC1CCC(c2c(CC)cc(C)cc2CC)=C(N=O)C1. The number of aryl methyl sites for hydroxylation is 3. The third-order valence-corrected chi connectivity index (χ3v) is 6.93. The molecule has 2 nitrogen and oxygen atoms in total. The third-order valence-electron chi connectivity index (χ3n) is 5.52. The second-order valence-corrected chi connectivity index (χ2v) is 9.25. The van der Waals surface area contributed by atoms with Crippen LogP contribution in [0.3, 0.4) is 0 Å². The minimum atomic E-state index is 0.603. The molecule has 0 spiro atoms. The number of hydrogen-bond acceptors (Lipinski definition) is 3. The minimum absolute atomic E-state index is 0.603. The van der Waals surface area contributed by atoms with Gasteiger partial charge in [-0.2, -0.15) is 11.8 Å². The van der Waals surface area contributed by atoms with Crippen molar-refractivity contribution >= 4 is 17.3 Å². The van der Waals surface area contributed by atoms with Crippen molar-refractivity contribution < 1.29 is 0 Å². The molecule has 26 heavy (non-hydrogen) atoms. The van der Waals surface area contributed by atoms with Crippen molar-refractivity contribution in [1.82, 2.24) is 0 Å². The summed E-state index contributed by atoms with van der Waals surface area (Å²) >= 11 is 2.06. The van der Waals surface area contributed by atoms with Gasteiger partial charge in [-0.25, -0.2) is 0 Å². The summed E-state index contributed by atoms with van der Waals surface area (Å²) < 4.78 is 0. The average Bonchev–Trinajstić information content (AvgIpc) is 2.65. The Morgan fingerprint density at radius 3 is 2.38 bits per heavy atom. The topological polar surface area (TPSA) is 29.4 Å². The molecule has 0 fully saturated rings. The first kappa shape index (κ1) is 21.2. The van der Waals surface area contributed by atoms with E-state index in [1.807, 2.05) is 0 Å². The molecule has 0 aliphatic heterocycles. The van der Waals surface area contributed by atoms with E-state index in [0.29, 0.717) is 11.2 Å². The molecule has 0 bridgehead atoms. The predicted octanol–water partition coefficient (Wildman–Crippen LogP) is 7.32. The van der Waals surface area contributed by atoms with Crippen molar-refractivity contribution in [3.63, 3.8) is 0 Å². The summed E-state index contributed by atoms with van der Waals surface area (Å²) in [5.41, 5.74) is 7.47. The zero-order valence-corrected chi connectivity index (χ0v) is 18.0. The highest BCUT2D eigenvalue weighted by Gasteiger charge is 2.26. The van der Waals surface area contributed by atoms with Crippen LogP contribution < -0.4 is 0 Å². The van der Waals surface area contributed by atoms with E-state index >= 15 is 0 Å². The van der Waals surface area contributed by atoms with Gasteiger partial charge in [0, 0.05) is 5.25 Å². The van der Waals surface area contributed by atoms with Crippen molar-refractivity contribution in [3.05, 3.63) is 45.0 Å². The molecular weight excluding hydrogens is 338 g/mol. The first-order valence-electron chi connectivity index (χ1n) is 10.3. The van der Waals surface area contributed by atoms with E-state index in [-0.39, 0.29) is 0 Å². The minimum Gasteiger partial charge on any atom is -0.159 e. The monoisotopic (exact) mass is 373 g/mol. The van der Waals surface area contributed by atoms with E-state index < -0.39 is 0 Å². The van der Waals surface area contributed by atoms with E-state index in [2.05, 4.69) is 63.7 Å². The third kappa shape index (κ3) is 5.22. The maximum Gasteiger partial charge on any atom is 0.0889 e. The van der Waals surface area contributed by atoms with Crippen molar-refractivity contribution in [2.24, 2.45) is 11.1 Å². The van der Waals surface area contributed by atoms with Crippen LogP contribution in [0.1, 0.15) is 82.1 Å². The molecular formula is C23H35NOS. The lowest BCUT2D eigenvalue weighted by Gasteiger charge is -2.28. The standard InChI is InChI=1S/C23H35NOS/c1-6-11-26-17(5)14-18-9-10-21(22(15-18)24-25)23-19(7-2)12-16(4)13-20(23)8-3/h12-13,17-18H,6-11,14-15H2,1-5H3. The van der Waals surface area contributed by atoms with Crippen LogP contribution in [0.4, 0.5) is 0 Å². The zero-order valence-electron chi connectivity index (χ0n) is 17.2. The highest BCUT2D eigenvalue weighted by atomic mass is 32.2. The smallest absolute Gasteiger partial charge is 0.0889 e. The normalized spacial score (nSPS) is 18.9. The van der Waals surface area contributed by atoms with Gasteiger partial charge in [0.2, 0.25) is 0 Å². The molecule has 144 valence electrons. The molecule has 0 radical (unpaired) electrons.